The van der Waals surface area contributed by atoms with Crippen molar-refractivity contribution in [2.75, 3.05) is 6.61 Å². The van der Waals surface area contributed by atoms with E-state index < -0.39 is 0 Å². The Balaban J connectivity index is 1.98. The Bertz CT molecular complexity index is 919. The Morgan fingerprint density at radius 1 is 1.12 bits per heavy atom. The molecule has 2 aromatic carbocycles. The second-order valence-corrected chi connectivity index (χ2v) is 6.26. The van der Waals surface area contributed by atoms with E-state index in [0.29, 0.717) is 19.4 Å². The summed E-state index contributed by atoms with van der Waals surface area (Å²) >= 11 is 0. The van der Waals surface area contributed by atoms with Crippen LogP contribution >= 0.6 is 0 Å². The SMILES string of the molecule is CCOc1cc2c(Cc3cccc(CC(C)=O)c3)ncnc2cc1C. The number of fused-ring (bicyclic) bond motifs is 1. The van der Waals surface area contributed by atoms with Gasteiger partial charge in [0.05, 0.1) is 17.8 Å². The molecular weight excluding hydrogens is 312 g/mol. The average Bonchev–Trinajstić information content (AvgIpc) is 2.56. The first kappa shape index (κ1) is 17.1. The summed E-state index contributed by atoms with van der Waals surface area (Å²) in [4.78, 5) is 20.2. The van der Waals surface area contributed by atoms with Crippen LogP contribution in [0.3, 0.4) is 0 Å². The zero-order chi connectivity index (χ0) is 17.8. The monoisotopic (exact) mass is 334 g/mol. The van der Waals surface area contributed by atoms with Gasteiger partial charge in [-0.25, -0.2) is 9.97 Å². The average molecular weight is 334 g/mol. The third kappa shape index (κ3) is 4.02. The molecule has 0 spiro atoms. The fourth-order valence-corrected chi connectivity index (χ4v) is 3.02. The number of Topliss-reactive ketones (excluding diaryl/α,β-unsaturated/α-hetero) is 1. The zero-order valence-corrected chi connectivity index (χ0v) is 14.9. The van der Waals surface area contributed by atoms with Gasteiger partial charge >= 0.3 is 0 Å². The van der Waals surface area contributed by atoms with Crippen molar-refractivity contribution in [1.29, 1.82) is 0 Å². The first-order valence-electron chi connectivity index (χ1n) is 8.51. The lowest BCUT2D eigenvalue weighted by Gasteiger charge is -2.11. The lowest BCUT2D eigenvalue weighted by Crippen LogP contribution is -2.00. The number of ketones is 1. The molecule has 128 valence electrons. The largest absolute Gasteiger partial charge is 0.494 e. The summed E-state index contributed by atoms with van der Waals surface area (Å²) in [6.45, 7) is 6.24. The van der Waals surface area contributed by atoms with Gasteiger partial charge in [-0.05, 0) is 49.6 Å². The van der Waals surface area contributed by atoms with Crippen molar-refractivity contribution in [3.8, 4) is 5.75 Å². The van der Waals surface area contributed by atoms with Crippen molar-refractivity contribution in [2.24, 2.45) is 0 Å². The van der Waals surface area contributed by atoms with E-state index >= 15 is 0 Å². The van der Waals surface area contributed by atoms with E-state index in [-0.39, 0.29) is 5.78 Å². The smallest absolute Gasteiger partial charge is 0.134 e. The predicted molar refractivity (Wildman–Crippen MR) is 99.1 cm³/mol. The quantitative estimate of drug-likeness (QED) is 0.682. The lowest BCUT2D eigenvalue weighted by molar-refractivity contribution is -0.116. The van der Waals surface area contributed by atoms with Crippen molar-refractivity contribution >= 4 is 16.7 Å². The minimum atomic E-state index is 0.168. The van der Waals surface area contributed by atoms with Gasteiger partial charge in [0.25, 0.3) is 0 Å². The molecule has 0 amide bonds. The minimum absolute atomic E-state index is 0.168. The second-order valence-electron chi connectivity index (χ2n) is 6.26. The van der Waals surface area contributed by atoms with Gasteiger partial charge in [-0.1, -0.05) is 24.3 Å². The van der Waals surface area contributed by atoms with Crippen LogP contribution in [-0.4, -0.2) is 22.4 Å². The van der Waals surface area contributed by atoms with E-state index in [1.807, 2.05) is 38.1 Å². The highest BCUT2D eigenvalue weighted by Gasteiger charge is 2.10. The molecule has 1 heterocycles. The van der Waals surface area contributed by atoms with Gasteiger partial charge in [-0.2, -0.15) is 0 Å². The van der Waals surface area contributed by atoms with E-state index in [1.54, 1.807) is 13.3 Å². The van der Waals surface area contributed by atoms with Crippen LogP contribution in [0.5, 0.6) is 5.75 Å². The minimum Gasteiger partial charge on any atom is -0.494 e. The van der Waals surface area contributed by atoms with Crippen LogP contribution in [0, 0.1) is 6.92 Å². The molecule has 25 heavy (non-hydrogen) atoms. The summed E-state index contributed by atoms with van der Waals surface area (Å²) < 4.78 is 5.72. The van der Waals surface area contributed by atoms with Crippen LogP contribution < -0.4 is 4.74 Å². The number of rotatable bonds is 6. The lowest BCUT2D eigenvalue weighted by atomic mass is 10.0. The molecule has 0 saturated carbocycles. The Kier molecular flexibility index (Phi) is 5.08. The molecule has 3 aromatic rings. The molecule has 0 aliphatic carbocycles. The topological polar surface area (TPSA) is 52.1 Å². The molecule has 0 bridgehead atoms. The first-order chi connectivity index (χ1) is 12.1. The van der Waals surface area contributed by atoms with E-state index in [1.165, 1.54) is 0 Å². The molecule has 0 radical (unpaired) electrons. The third-order valence-corrected chi connectivity index (χ3v) is 4.13. The number of hydrogen-bond acceptors (Lipinski definition) is 4. The Labute approximate surface area is 147 Å². The number of ether oxygens (including phenoxy) is 1. The van der Waals surface area contributed by atoms with Crippen LogP contribution in [0.15, 0.2) is 42.7 Å². The van der Waals surface area contributed by atoms with Crippen molar-refractivity contribution in [2.45, 2.75) is 33.6 Å². The first-order valence-corrected chi connectivity index (χ1v) is 8.51. The molecule has 1 aromatic heterocycles. The summed E-state index contributed by atoms with van der Waals surface area (Å²) in [5, 5.41) is 1.01. The Hall–Kier alpha value is -2.75. The van der Waals surface area contributed by atoms with Crippen LogP contribution in [0.1, 0.15) is 36.2 Å². The molecule has 0 aliphatic heterocycles. The maximum absolute atomic E-state index is 11.4. The molecule has 0 saturated heterocycles. The zero-order valence-electron chi connectivity index (χ0n) is 14.9. The van der Waals surface area contributed by atoms with Gasteiger partial charge in [0.2, 0.25) is 0 Å². The highest BCUT2D eigenvalue weighted by molar-refractivity contribution is 5.83. The van der Waals surface area contributed by atoms with E-state index in [4.69, 9.17) is 4.74 Å². The Morgan fingerprint density at radius 2 is 1.92 bits per heavy atom. The molecule has 4 nitrogen and oxygen atoms in total. The maximum atomic E-state index is 11.4. The third-order valence-electron chi connectivity index (χ3n) is 4.13. The molecule has 0 N–H and O–H groups in total. The standard InChI is InChI=1S/C21H22N2O2/c1-4-25-21-12-18-19(8-14(21)2)22-13-23-20(18)11-17-7-5-6-16(10-17)9-15(3)24/h5-8,10,12-13H,4,9,11H2,1-3H3. The van der Waals surface area contributed by atoms with Crippen molar-refractivity contribution in [3.05, 3.63) is 65.1 Å². The van der Waals surface area contributed by atoms with Crippen molar-refractivity contribution < 1.29 is 9.53 Å². The predicted octanol–water partition coefficient (Wildman–Crippen LogP) is 4.06. The number of aryl methyl sites for hydroxylation is 1. The van der Waals surface area contributed by atoms with E-state index in [2.05, 4.69) is 22.1 Å². The number of benzene rings is 2. The molecule has 3 rings (SSSR count). The van der Waals surface area contributed by atoms with Gasteiger partial charge in [-0.3, -0.25) is 4.79 Å². The highest BCUT2D eigenvalue weighted by atomic mass is 16.5. The molecule has 0 atom stereocenters. The van der Waals surface area contributed by atoms with Gasteiger partial charge in [0, 0.05) is 18.2 Å². The number of carbonyl (C=O) groups is 1. The van der Waals surface area contributed by atoms with Crippen LogP contribution in [0.4, 0.5) is 0 Å². The maximum Gasteiger partial charge on any atom is 0.134 e. The van der Waals surface area contributed by atoms with Crippen molar-refractivity contribution in [1.82, 2.24) is 9.97 Å². The summed E-state index contributed by atoms with van der Waals surface area (Å²) in [6, 6.07) is 12.2. The van der Waals surface area contributed by atoms with Gasteiger partial charge in [0.1, 0.15) is 17.9 Å². The molecular formula is C21H22N2O2. The Morgan fingerprint density at radius 3 is 2.68 bits per heavy atom. The number of aromatic nitrogens is 2. The van der Waals surface area contributed by atoms with Crippen LogP contribution in [0.2, 0.25) is 0 Å². The number of hydrogen-bond donors (Lipinski definition) is 0. The molecule has 0 unspecified atom stereocenters. The summed E-state index contributed by atoms with van der Waals surface area (Å²) in [5.41, 5.74) is 5.13. The molecule has 0 fully saturated rings. The summed E-state index contributed by atoms with van der Waals surface area (Å²) in [5.74, 6) is 1.04. The van der Waals surface area contributed by atoms with Gasteiger partial charge < -0.3 is 4.74 Å². The number of nitrogens with zero attached hydrogens (tertiary/aromatic N) is 2. The normalized spacial score (nSPS) is 10.8. The highest BCUT2D eigenvalue weighted by Crippen LogP contribution is 2.27. The fourth-order valence-electron chi connectivity index (χ4n) is 3.02. The number of carbonyl (C=O) groups excluding carboxylic acids is 1. The fraction of sp³-hybridized carbons (Fsp3) is 0.286. The van der Waals surface area contributed by atoms with Crippen LogP contribution in [0.25, 0.3) is 10.9 Å². The summed E-state index contributed by atoms with van der Waals surface area (Å²) in [6.07, 6.45) is 2.77. The van der Waals surface area contributed by atoms with Gasteiger partial charge in [-0.15, -0.1) is 0 Å². The molecule has 4 heteroatoms. The molecule has 0 aliphatic rings. The summed E-state index contributed by atoms with van der Waals surface area (Å²) in [7, 11) is 0. The van der Waals surface area contributed by atoms with Gasteiger partial charge in [0.15, 0.2) is 0 Å². The van der Waals surface area contributed by atoms with E-state index in [0.717, 1.165) is 39.0 Å². The second kappa shape index (κ2) is 7.43. The van der Waals surface area contributed by atoms with E-state index in [9.17, 15) is 4.79 Å². The van der Waals surface area contributed by atoms with Crippen molar-refractivity contribution in [3.63, 3.8) is 0 Å². The van der Waals surface area contributed by atoms with Crippen LogP contribution in [-0.2, 0) is 17.6 Å².